The van der Waals surface area contributed by atoms with Crippen LogP contribution in [-0.2, 0) is 14.8 Å². The molecule has 0 radical (unpaired) electrons. The Bertz CT molecular complexity index is 1440. The average molecular weight is 478 g/mol. The molecule has 2 aromatic heterocycles. The molecule has 1 saturated heterocycles. The zero-order valence-electron chi connectivity index (χ0n) is 18.5. The first-order chi connectivity index (χ1) is 16.4. The van der Waals surface area contributed by atoms with E-state index in [0.29, 0.717) is 29.8 Å². The van der Waals surface area contributed by atoms with Gasteiger partial charge in [0.05, 0.1) is 22.9 Å². The van der Waals surface area contributed by atoms with E-state index in [9.17, 15) is 13.2 Å². The minimum atomic E-state index is -3.67. The van der Waals surface area contributed by atoms with Gasteiger partial charge in [-0.05, 0) is 43.7 Å². The number of rotatable bonds is 4. The highest BCUT2D eigenvalue weighted by molar-refractivity contribution is 7.89. The fourth-order valence-corrected chi connectivity index (χ4v) is 4.75. The van der Waals surface area contributed by atoms with Gasteiger partial charge < -0.3 is 10.6 Å². The molecular weight excluding hydrogens is 454 g/mol. The van der Waals surface area contributed by atoms with E-state index in [1.807, 2.05) is 0 Å². The Balaban J connectivity index is 1.59. The molecule has 3 aromatic rings. The highest BCUT2D eigenvalue weighted by atomic mass is 32.2. The van der Waals surface area contributed by atoms with Crippen molar-refractivity contribution < 1.29 is 13.2 Å². The molecule has 1 aromatic carbocycles. The highest BCUT2D eigenvalue weighted by Crippen LogP contribution is 2.28. The van der Waals surface area contributed by atoms with E-state index in [1.54, 1.807) is 34.7 Å². The molecule has 1 unspecified atom stereocenters. The zero-order valence-corrected chi connectivity index (χ0v) is 19.3. The van der Waals surface area contributed by atoms with Crippen LogP contribution in [-0.4, -0.2) is 58.6 Å². The second-order valence-electron chi connectivity index (χ2n) is 7.61. The van der Waals surface area contributed by atoms with Crippen LogP contribution in [0.25, 0.3) is 11.0 Å². The maximum Gasteiger partial charge on any atom is 0.298 e. The number of nitrogens with two attached hydrogens (primary N) is 1. The van der Waals surface area contributed by atoms with Crippen molar-refractivity contribution in [1.82, 2.24) is 29.4 Å². The minimum absolute atomic E-state index is 0.111. The third-order valence-electron chi connectivity index (χ3n) is 5.39. The number of carbonyl (C=O) groups excluding carboxylic acids is 1. The van der Waals surface area contributed by atoms with E-state index in [2.05, 4.69) is 43.5 Å². The number of amides is 1. The minimum Gasteiger partial charge on any atom is -0.383 e. The molecule has 34 heavy (non-hydrogen) atoms. The molecule has 3 N–H and O–H groups in total. The summed E-state index contributed by atoms with van der Waals surface area (Å²) in [5.41, 5.74) is 6.96. The number of hydrogen-bond acceptors (Lipinski definition) is 7. The average Bonchev–Trinajstić information content (AvgIpc) is 3.22. The standard InChI is InChI=1S/C23H23N7O3S/c1-2-8-20(31)29-14-7-9-17(15-29)30-23-21(22(24)25-16-26-23)19(28-30)12-6-13-27-34(32,33)18-10-4-3-5-11-18/h3-5,10-11,16-17,27H,7,9,13-15H2,1H3,(H2,24,25,26). The maximum atomic E-state index is 12.4. The number of piperidine rings is 1. The second kappa shape index (κ2) is 9.91. The van der Waals surface area contributed by atoms with Crippen LogP contribution >= 0.6 is 0 Å². The fraction of sp³-hybridized carbons (Fsp3) is 0.304. The van der Waals surface area contributed by atoms with E-state index in [1.165, 1.54) is 18.5 Å². The van der Waals surface area contributed by atoms with Crippen LogP contribution < -0.4 is 10.5 Å². The Kier molecular flexibility index (Phi) is 6.77. The van der Waals surface area contributed by atoms with Crippen molar-refractivity contribution in [3.63, 3.8) is 0 Å². The number of aromatic nitrogens is 4. The van der Waals surface area contributed by atoms with Crippen LogP contribution in [0.4, 0.5) is 5.82 Å². The summed E-state index contributed by atoms with van der Waals surface area (Å²) in [6, 6.07) is 7.93. The molecule has 1 amide bonds. The maximum absolute atomic E-state index is 12.4. The van der Waals surface area contributed by atoms with Crippen LogP contribution in [0.1, 0.15) is 31.5 Å². The molecular formula is C23H23N7O3S. The Morgan fingerprint density at radius 1 is 1.26 bits per heavy atom. The number of benzene rings is 1. The van der Waals surface area contributed by atoms with Crippen LogP contribution in [0.5, 0.6) is 0 Å². The van der Waals surface area contributed by atoms with Gasteiger partial charge in [-0.3, -0.25) is 4.79 Å². The first-order valence-corrected chi connectivity index (χ1v) is 12.1. The molecule has 11 heteroatoms. The Morgan fingerprint density at radius 3 is 2.82 bits per heavy atom. The van der Waals surface area contributed by atoms with Gasteiger partial charge >= 0.3 is 0 Å². The summed E-state index contributed by atoms with van der Waals surface area (Å²) in [7, 11) is -3.67. The first-order valence-electron chi connectivity index (χ1n) is 10.6. The second-order valence-corrected chi connectivity index (χ2v) is 9.38. The smallest absolute Gasteiger partial charge is 0.298 e. The van der Waals surface area contributed by atoms with Gasteiger partial charge in [0.2, 0.25) is 10.0 Å². The number of nitrogens with zero attached hydrogens (tertiary/aromatic N) is 5. The normalized spacial score (nSPS) is 15.8. The van der Waals surface area contributed by atoms with Crippen LogP contribution in [0.3, 0.4) is 0 Å². The Morgan fingerprint density at radius 2 is 2.06 bits per heavy atom. The fourth-order valence-electron chi connectivity index (χ4n) is 3.80. The lowest BCUT2D eigenvalue weighted by molar-refractivity contribution is -0.126. The summed E-state index contributed by atoms with van der Waals surface area (Å²) in [6.07, 6.45) is 2.95. The van der Waals surface area contributed by atoms with Crippen molar-refractivity contribution in [3.8, 4) is 23.7 Å². The van der Waals surface area contributed by atoms with Crippen molar-refractivity contribution in [1.29, 1.82) is 0 Å². The van der Waals surface area contributed by atoms with Gasteiger partial charge in [-0.25, -0.2) is 23.1 Å². The number of likely N-dealkylation sites (tertiary alicyclic amines) is 1. The molecule has 3 heterocycles. The highest BCUT2D eigenvalue weighted by Gasteiger charge is 2.27. The van der Waals surface area contributed by atoms with Gasteiger partial charge in [-0.2, -0.15) is 9.82 Å². The predicted molar refractivity (Wildman–Crippen MR) is 127 cm³/mol. The van der Waals surface area contributed by atoms with Crippen molar-refractivity contribution in [3.05, 3.63) is 42.4 Å². The molecule has 0 spiro atoms. The van der Waals surface area contributed by atoms with Crippen molar-refractivity contribution >= 4 is 32.8 Å². The molecule has 0 bridgehead atoms. The molecule has 1 aliphatic heterocycles. The van der Waals surface area contributed by atoms with Crippen LogP contribution in [0.2, 0.25) is 0 Å². The quantitative estimate of drug-likeness (QED) is 0.534. The van der Waals surface area contributed by atoms with Crippen molar-refractivity contribution in [2.24, 2.45) is 0 Å². The molecule has 0 saturated carbocycles. The van der Waals surface area contributed by atoms with E-state index in [0.717, 1.165) is 12.8 Å². The van der Waals surface area contributed by atoms with Gasteiger partial charge in [0.15, 0.2) is 5.65 Å². The molecule has 0 aliphatic carbocycles. The molecule has 1 fully saturated rings. The van der Waals surface area contributed by atoms with Gasteiger partial charge in [0.25, 0.3) is 5.91 Å². The van der Waals surface area contributed by atoms with Gasteiger partial charge in [0, 0.05) is 13.1 Å². The summed E-state index contributed by atoms with van der Waals surface area (Å²) in [5.74, 6) is 10.9. The largest absolute Gasteiger partial charge is 0.383 e. The van der Waals surface area contributed by atoms with Crippen molar-refractivity contribution in [2.75, 3.05) is 25.4 Å². The summed E-state index contributed by atoms with van der Waals surface area (Å²) >= 11 is 0. The van der Waals surface area contributed by atoms with Gasteiger partial charge in [-0.15, -0.1) is 0 Å². The molecule has 4 rings (SSSR count). The number of sulfonamides is 1. The van der Waals surface area contributed by atoms with Gasteiger partial charge in [-0.1, -0.05) is 30.0 Å². The number of fused-ring (bicyclic) bond motifs is 1. The first kappa shape index (κ1) is 23.2. The van der Waals surface area contributed by atoms with E-state index < -0.39 is 10.0 Å². The van der Waals surface area contributed by atoms with Crippen LogP contribution in [0.15, 0.2) is 41.6 Å². The van der Waals surface area contributed by atoms with E-state index in [-0.39, 0.29) is 29.2 Å². The summed E-state index contributed by atoms with van der Waals surface area (Å²) in [6.45, 7) is 2.60. The SMILES string of the molecule is CC#CC(=O)N1CCCC(n2nc(C#CCNS(=O)(=O)c3ccccc3)c3c(N)ncnc32)C1. The molecule has 10 nitrogen and oxygen atoms in total. The topological polar surface area (TPSA) is 136 Å². The molecule has 174 valence electrons. The number of anilines is 1. The Hall–Kier alpha value is -3.93. The summed E-state index contributed by atoms with van der Waals surface area (Å²) in [4.78, 5) is 22.5. The third kappa shape index (κ3) is 4.86. The number of nitrogens with one attached hydrogen (secondary N) is 1. The van der Waals surface area contributed by atoms with Crippen molar-refractivity contribution in [2.45, 2.75) is 30.7 Å². The predicted octanol–water partition coefficient (Wildman–Crippen LogP) is 0.925. The Labute approximate surface area is 197 Å². The van der Waals surface area contributed by atoms with Gasteiger partial charge in [0.1, 0.15) is 17.8 Å². The molecule has 1 atom stereocenters. The summed E-state index contributed by atoms with van der Waals surface area (Å²) < 4.78 is 28.9. The summed E-state index contributed by atoms with van der Waals surface area (Å²) in [5, 5.41) is 5.11. The number of hydrogen-bond donors (Lipinski definition) is 2. The van der Waals surface area contributed by atoms with E-state index >= 15 is 0 Å². The third-order valence-corrected chi connectivity index (χ3v) is 6.81. The van der Waals surface area contributed by atoms with E-state index in [4.69, 9.17) is 5.73 Å². The number of carbonyl (C=O) groups is 1. The molecule has 1 aliphatic rings. The zero-order chi connectivity index (χ0) is 24.1. The number of nitrogen functional groups attached to an aromatic ring is 1. The lowest BCUT2D eigenvalue weighted by Crippen LogP contribution is -2.40. The van der Waals surface area contributed by atoms with Crippen LogP contribution in [0, 0.1) is 23.7 Å². The lowest BCUT2D eigenvalue weighted by Gasteiger charge is -2.31. The lowest BCUT2D eigenvalue weighted by atomic mass is 10.1. The monoisotopic (exact) mass is 477 g/mol.